The summed E-state index contributed by atoms with van der Waals surface area (Å²) in [5.41, 5.74) is 1.27. The number of hydrogen-bond donors (Lipinski definition) is 3. The van der Waals surface area contributed by atoms with Crippen molar-refractivity contribution in [2.45, 2.75) is 13.3 Å². The Hall–Kier alpha value is -2.32. The summed E-state index contributed by atoms with van der Waals surface area (Å²) in [5.74, 6) is 0. The van der Waals surface area contributed by atoms with E-state index in [4.69, 9.17) is 11.6 Å². The van der Waals surface area contributed by atoms with Gasteiger partial charge in [0.2, 0.25) is 0 Å². The third-order valence-electron chi connectivity index (χ3n) is 2.93. The average Bonchev–Trinajstić information content (AvgIpc) is 2.54. The Labute approximate surface area is 145 Å². The Bertz CT molecular complexity index is 827. The van der Waals surface area contributed by atoms with Gasteiger partial charge in [-0.25, -0.2) is 0 Å². The van der Waals surface area contributed by atoms with Crippen molar-refractivity contribution in [1.29, 1.82) is 0 Å². The fraction of sp³-hybridized carbons (Fsp3) is 0.200. The summed E-state index contributed by atoms with van der Waals surface area (Å²) < 4.78 is 26.4. The lowest BCUT2D eigenvalue weighted by molar-refractivity contribution is 0.258. The Morgan fingerprint density at radius 1 is 1.25 bits per heavy atom. The molecule has 9 heteroatoms. The van der Waals surface area contributed by atoms with E-state index in [9.17, 15) is 13.2 Å². The molecule has 0 saturated carbocycles. The molecule has 1 aromatic carbocycles. The van der Waals surface area contributed by atoms with Gasteiger partial charge >= 0.3 is 15.3 Å². The number of hydrogen-bond acceptors (Lipinski definition) is 5. The predicted octanol–water partition coefficient (Wildman–Crippen LogP) is 3.34. The van der Waals surface area contributed by atoms with Gasteiger partial charge in [0.25, 0.3) is 0 Å². The van der Waals surface area contributed by atoms with Crippen LogP contribution in [0.2, 0.25) is 5.02 Å². The van der Waals surface area contributed by atoms with Crippen LogP contribution < -0.4 is 15.4 Å². The number of benzene rings is 1. The van der Waals surface area contributed by atoms with Crippen LogP contribution in [-0.4, -0.2) is 25.2 Å². The Kier molecular flexibility index (Phi) is 5.99. The number of amides is 1. The fourth-order valence-electron chi connectivity index (χ4n) is 1.82. The van der Waals surface area contributed by atoms with Crippen molar-refractivity contribution in [3.05, 3.63) is 47.7 Å². The quantitative estimate of drug-likeness (QED) is 0.726. The molecule has 24 heavy (non-hydrogen) atoms. The number of aromatic nitrogens is 1. The maximum atomic E-state index is 12.1. The highest BCUT2D eigenvalue weighted by Gasteiger charge is 2.22. The van der Waals surface area contributed by atoms with Gasteiger partial charge in [-0.1, -0.05) is 24.6 Å². The number of carbonyl (C=O) groups is 1. The lowest BCUT2D eigenvalue weighted by Gasteiger charge is -2.13. The molecule has 0 aliphatic heterocycles. The van der Waals surface area contributed by atoms with Gasteiger partial charge in [-0.15, -0.1) is 0 Å². The van der Waals surface area contributed by atoms with Crippen LogP contribution in [0.5, 0.6) is 0 Å². The molecule has 1 aromatic heterocycles. The second-order valence-corrected chi connectivity index (χ2v) is 6.89. The highest BCUT2D eigenvalue weighted by molar-refractivity contribution is 8.07. The summed E-state index contributed by atoms with van der Waals surface area (Å²) in [6.45, 7) is 2.11. The number of carbonyl (C=O) groups excluding carboxylic acids is 1. The van der Waals surface area contributed by atoms with Crippen LogP contribution >= 0.6 is 11.6 Å². The normalized spacial score (nSPS) is 10.9. The summed E-state index contributed by atoms with van der Waals surface area (Å²) >= 11 is 5.93. The van der Waals surface area contributed by atoms with Gasteiger partial charge in [0.05, 0.1) is 17.6 Å². The Morgan fingerprint density at radius 2 is 2.04 bits per heavy atom. The molecule has 0 bridgehead atoms. The molecule has 0 atom stereocenters. The molecular formula is C15H17ClN4O3S. The summed E-state index contributed by atoms with van der Waals surface area (Å²) in [4.78, 5) is 15.6. The lowest BCUT2D eigenvalue weighted by atomic mass is 10.3. The van der Waals surface area contributed by atoms with Crippen molar-refractivity contribution in [1.82, 2.24) is 10.3 Å². The molecule has 2 aromatic rings. The van der Waals surface area contributed by atoms with Gasteiger partial charge in [0.1, 0.15) is 0 Å². The van der Waals surface area contributed by atoms with Gasteiger partial charge in [0.15, 0.2) is 0 Å². The van der Waals surface area contributed by atoms with E-state index in [0.29, 0.717) is 22.8 Å². The first-order valence-corrected chi connectivity index (χ1v) is 9.05. The minimum absolute atomic E-state index is 0.157. The number of nitrogens with one attached hydrogen (secondary N) is 3. The van der Waals surface area contributed by atoms with Crippen LogP contribution in [0.25, 0.3) is 0 Å². The SMILES string of the molecule is CCCNC(=O)S(=O)(=O)Nc1cnccc1Nc1cccc(Cl)c1. The number of pyridine rings is 1. The molecule has 0 saturated heterocycles. The number of anilines is 3. The molecule has 3 N–H and O–H groups in total. The topological polar surface area (TPSA) is 100 Å². The van der Waals surface area contributed by atoms with Crippen molar-refractivity contribution in [2.24, 2.45) is 0 Å². The van der Waals surface area contributed by atoms with Gasteiger partial charge in [-0.05, 0) is 30.7 Å². The number of halogens is 1. The fourth-order valence-corrected chi connectivity index (χ4v) is 2.85. The first-order valence-electron chi connectivity index (χ1n) is 7.19. The Balaban J connectivity index is 2.21. The maximum absolute atomic E-state index is 12.1. The smallest absolute Gasteiger partial charge is 0.354 e. The molecule has 1 heterocycles. The van der Waals surface area contributed by atoms with Crippen molar-refractivity contribution in [3.63, 3.8) is 0 Å². The first-order chi connectivity index (χ1) is 11.4. The number of rotatable bonds is 6. The van der Waals surface area contributed by atoms with Crippen LogP contribution in [0, 0.1) is 0 Å². The van der Waals surface area contributed by atoms with Gasteiger partial charge in [0, 0.05) is 23.5 Å². The van der Waals surface area contributed by atoms with Crippen molar-refractivity contribution in [3.8, 4) is 0 Å². The predicted molar refractivity (Wildman–Crippen MR) is 95.2 cm³/mol. The van der Waals surface area contributed by atoms with Crippen molar-refractivity contribution in [2.75, 3.05) is 16.6 Å². The summed E-state index contributed by atoms with van der Waals surface area (Å²) in [6, 6.07) is 8.53. The highest BCUT2D eigenvalue weighted by Crippen LogP contribution is 2.26. The largest absolute Gasteiger partial charge is 0.357 e. The molecule has 1 amide bonds. The van der Waals surface area contributed by atoms with E-state index in [2.05, 4.69) is 20.3 Å². The van der Waals surface area contributed by atoms with Gasteiger partial charge in [-0.2, -0.15) is 8.42 Å². The maximum Gasteiger partial charge on any atom is 0.357 e. The summed E-state index contributed by atoms with van der Waals surface area (Å²) in [6.07, 6.45) is 3.45. The van der Waals surface area contributed by atoms with Crippen LogP contribution in [0.3, 0.4) is 0 Å². The number of sulfonamides is 1. The summed E-state index contributed by atoms with van der Waals surface area (Å²) in [7, 11) is -4.21. The molecule has 7 nitrogen and oxygen atoms in total. The van der Waals surface area contributed by atoms with Crippen LogP contribution in [-0.2, 0) is 10.0 Å². The number of nitrogens with zero attached hydrogens (tertiary/aromatic N) is 1. The minimum Gasteiger partial charge on any atom is -0.354 e. The average molecular weight is 369 g/mol. The molecule has 0 unspecified atom stereocenters. The second kappa shape index (κ2) is 7.98. The van der Waals surface area contributed by atoms with E-state index < -0.39 is 15.3 Å². The van der Waals surface area contributed by atoms with E-state index in [1.54, 1.807) is 30.3 Å². The minimum atomic E-state index is -4.21. The molecule has 128 valence electrons. The molecule has 2 rings (SSSR count). The second-order valence-electron chi connectivity index (χ2n) is 4.88. The highest BCUT2D eigenvalue weighted by atomic mass is 35.5. The van der Waals surface area contributed by atoms with E-state index >= 15 is 0 Å². The van der Waals surface area contributed by atoms with E-state index in [1.165, 1.54) is 12.4 Å². The van der Waals surface area contributed by atoms with Crippen LogP contribution in [0.1, 0.15) is 13.3 Å². The molecule has 0 radical (unpaired) electrons. The van der Waals surface area contributed by atoms with E-state index in [1.807, 2.05) is 6.92 Å². The molecule has 0 spiro atoms. The zero-order valence-electron chi connectivity index (χ0n) is 12.9. The molecule has 0 aliphatic carbocycles. The van der Waals surface area contributed by atoms with E-state index in [-0.39, 0.29) is 12.2 Å². The van der Waals surface area contributed by atoms with Crippen LogP contribution in [0.15, 0.2) is 42.7 Å². The zero-order valence-corrected chi connectivity index (χ0v) is 14.5. The standard InChI is InChI=1S/C15H17ClN4O3S/c1-2-7-18-15(21)24(22,23)20-14-10-17-8-6-13(14)19-12-5-3-4-11(16)9-12/h3-6,8-10,20H,2,7H2,1H3,(H,17,19)(H,18,21). The molecule has 0 fully saturated rings. The molecule has 0 aliphatic rings. The monoisotopic (exact) mass is 368 g/mol. The van der Waals surface area contributed by atoms with E-state index in [0.717, 1.165) is 0 Å². The van der Waals surface area contributed by atoms with Crippen molar-refractivity contribution >= 4 is 43.9 Å². The van der Waals surface area contributed by atoms with Crippen LogP contribution in [0.4, 0.5) is 21.9 Å². The summed E-state index contributed by atoms with van der Waals surface area (Å²) in [5, 5.41) is 4.81. The van der Waals surface area contributed by atoms with Gasteiger partial charge < -0.3 is 10.6 Å². The Morgan fingerprint density at radius 3 is 2.75 bits per heavy atom. The third kappa shape index (κ3) is 4.84. The molecular weight excluding hydrogens is 352 g/mol. The van der Waals surface area contributed by atoms with Gasteiger partial charge in [-0.3, -0.25) is 14.5 Å². The third-order valence-corrected chi connectivity index (χ3v) is 4.29. The van der Waals surface area contributed by atoms with Crippen molar-refractivity contribution < 1.29 is 13.2 Å². The lowest BCUT2D eigenvalue weighted by Crippen LogP contribution is -2.34. The zero-order chi connectivity index (χ0) is 17.6. The first kappa shape index (κ1) is 18.0.